The smallest absolute Gasteiger partial charge is 0.270 e. The number of nitrogens with one attached hydrogen (secondary N) is 1. The van der Waals surface area contributed by atoms with Crippen molar-refractivity contribution < 1.29 is 4.79 Å². The van der Waals surface area contributed by atoms with Gasteiger partial charge in [0.1, 0.15) is 17.3 Å². The van der Waals surface area contributed by atoms with Crippen LogP contribution in [0.5, 0.6) is 0 Å². The Bertz CT molecular complexity index is 601. The molecule has 1 atom stereocenters. The second-order valence-corrected chi connectivity index (χ2v) is 7.17. The summed E-state index contributed by atoms with van der Waals surface area (Å²) in [4.78, 5) is 26.4. The molecule has 1 saturated heterocycles. The maximum atomic E-state index is 12.2. The lowest BCUT2D eigenvalue weighted by Gasteiger charge is -2.39. The maximum Gasteiger partial charge on any atom is 0.270 e. The number of likely N-dealkylation sites (N-methyl/N-ethyl adjacent to an activating group) is 1. The lowest BCUT2D eigenvalue weighted by molar-refractivity contribution is 0.0939. The van der Waals surface area contributed by atoms with Crippen molar-refractivity contribution in [2.45, 2.75) is 39.7 Å². The molecule has 1 fully saturated rings. The fraction of sp³-hybridized carbons (Fsp3) is 0.706. The van der Waals surface area contributed by atoms with Crippen molar-refractivity contribution in [2.24, 2.45) is 5.92 Å². The number of anilines is 1. The summed E-state index contributed by atoms with van der Waals surface area (Å²) in [7, 11) is 2.16. The van der Waals surface area contributed by atoms with Crippen molar-refractivity contribution >= 4 is 11.7 Å². The molecular weight excluding hydrogens is 290 g/mol. The van der Waals surface area contributed by atoms with Crippen LogP contribution in [0, 0.1) is 5.92 Å². The van der Waals surface area contributed by atoms with E-state index in [0.717, 1.165) is 49.7 Å². The Morgan fingerprint density at radius 1 is 1.30 bits per heavy atom. The van der Waals surface area contributed by atoms with Gasteiger partial charge in [-0.25, -0.2) is 9.97 Å². The Labute approximate surface area is 138 Å². The Balaban J connectivity index is 2.00. The number of rotatable bonds is 3. The van der Waals surface area contributed by atoms with Gasteiger partial charge in [-0.1, -0.05) is 13.8 Å². The zero-order valence-corrected chi connectivity index (χ0v) is 14.6. The Morgan fingerprint density at radius 2 is 2.09 bits per heavy atom. The molecule has 0 bridgehead atoms. The molecule has 1 aromatic heterocycles. The number of hydrogen-bond acceptors (Lipinski definition) is 5. The van der Waals surface area contributed by atoms with Gasteiger partial charge >= 0.3 is 0 Å². The standard InChI is InChI=1S/C17H27N5O/c1-11(2)9-14-19-15-13(5-6-18-17(15)23)16(20-14)22-8-7-21(4)12(3)10-22/h11-12H,5-10H2,1-4H3,(H,18,23). The number of aromatic nitrogens is 2. The van der Waals surface area contributed by atoms with Crippen LogP contribution in [0.3, 0.4) is 0 Å². The molecule has 3 rings (SSSR count). The molecule has 6 heteroatoms. The average molecular weight is 317 g/mol. The van der Waals surface area contributed by atoms with E-state index in [0.29, 0.717) is 24.2 Å². The number of piperazine rings is 1. The van der Waals surface area contributed by atoms with Crippen molar-refractivity contribution in [3.63, 3.8) is 0 Å². The molecule has 2 aliphatic heterocycles. The van der Waals surface area contributed by atoms with Crippen LogP contribution in [0.25, 0.3) is 0 Å². The first-order valence-electron chi connectivity index (χ1n) is 8.59. The number of fused-ring (bicyclic) bond motifs is 1. The molecule has 1 amide bonds. The summed E-state index contributed by atoms with van der Waals surface area (Å²) in [5, 5.41) is 2.91. The lowest BCUT2D eigenvalue weighted by Crippen LogP contribution is -2.51. The molecule has 6 nitrogen and oxygen atoms in total. The zero-order chi connectivity index (χ0) is 16.6. The fourth-order valence-electron chi connectivity index (χ4n) is 3.28. The summed E-state index contributed by atoms with van der Waals surface area (Å²) in [6, 6.07) is 0.486. The number of amides is 1. The van der Waals surface area contributed by atoms with Crippen molar-refractivity contribution in [2.75, 3.05) is 38.1 Å². The van der Waals surface area contributed by atoms with E-state index in [1.54, 1.807) is 0 Å². The molecule has 2 aliphatic rings. The Morgan fingerprint density at radius 3 is 2.78 bits per heavy atom. The van der Waals surface area contributed by atoms with Crippen molar-refractivity contribution in [3.8, 4) is 0 Å². The van der Waals surface area contributed by atoms with E-state index in [1.165, 1.54) is 0 Å². The van der Waals surface area contributed by atoms with Crippen LogP contribution in [0.2, 0.25) is 0 Å². The Hall–Kier alpha value is -1.69. The van der Waals surface area contributed by atoms with Gasteiger partial charge in [0, 0.05) is 44.2 Å². The van der Waals surface area contributed by atoms with E-state index in [9.17, 15) is 4.79 Å². The van der Waals surface area contributed by atoms with Crippen LogP contribution in [-0.4, -0.2) is 60.0 Å². The predicted octanol–water partition coefficient (Wildman–Crippen LogP) is 1.10. The summed E-state index contributed by atoms with van der Waals surface area (Å²) >= 11 is 0. The van der Waals surface area contributed by atoms with Crippen LogP contribution in [-0.2, 0) is 12.8 Å². The monoisotopic (exact) mass is 317 g/mol. The third-order valence-electron chi connectivity index (χ3n) is 4.76. The summed E-state index contributed by atoms with van der Waals surface area (Å²) < 4.78 is 0. The largest absolute Gasteiger partial charge is 0.353 e. The topological polar surface area (TPSA) is 61.4 Å². The van der Waals surface area contributed by atoms with Crippen LogP contribution >= 0.6 is 0 Å². The third kappa shape index (κ3) is 3.32. The SMILES string of the molecule is CC(C)Cc1nc2c(c(N3CCN(C)C(C)C3)n1)CCNC2=O. The van der Waals surface area contributed by atoms with Crippen LogP contribution < -0.4 is 10.2 Å². The van der Waals surface area contributed by atoms with Gasteiger partial charge in [-0.15, -0.1) is 0 Å². The maximum absolute atomic E-state index is 12.2. The quantitative estimate of drug-likeness (QED) is 0.904. The number of carbonyl (C=O) groups excluding carboxylic acids is 1. The molecule has 0 aliphatic carbocycles. The van der Waals surface area contributed by atoms with Crippen molar-refractivity contribution in [1.29, 1.82) is 0 Å². The number of carbonyl (C=O) groups is 1. The highest BCUT2D eigenvalue weighted by molar-refractivity contribution is 5.96. The molecule has 0 spiro atoms. The second-order valence-electron chi connectivity index (χ2n) is 7.17. The summed E-state index contributed by atoms with van der Waals surface area (Å²) in [6.45, 7) is 10.1. The summed E-state index contributed by atoms with van der Waals surface area (Å²) in [5.41, 5.74) is 1.61. The first kappa shape index (κ1) is 16.2. The van der Waals surface area contributed by atoms with Crippen LogP contribution in [0.1, 0.15) is 42.6 Å². The minimum atomic E-state index is -0.0536. The van der Waals surface area contributed by atoms with Crippen LogP contribution in [0.4, 0.5) is 5.82 Å². The minimum Gasteiger partial charge on any atom is -0.353 e. The van der Waals surface area contributed by atoms with Gasteiger partial charge in [-0.05, 0) is 26.3 Å². The Kier molecular flexibility index (Phi) is 4.53. The highest BCUT2D eigenvalue weighted by atomic mass is 16.1. The van der Waals surface area contributed by atoms with E-state index in [1.807, 2.05) is 0 Å². The zero-order valence-electron chi connectivity index (χ0n) is 14.6. The van der Waals surface area contributed by atoms with Gasteiger partial charge in [0.25, 0.3) is 5.91 Å². The van der Waals surface area contributed by atoms with E-state index >= 15 is 0 Å². The van der Waals surface area contributed by atoms with Gasteiger partial charge in [-0.2, -0.15) is 0 Å². The summed E-state index contributed by atoms with van der Waals surface area (Å²) in [5.74, 6) is 2.19. The van der Waals surface area contributed by atoms with Crippen LogP contribution in [0.15, 0.2) is 0 Å². The second kappa shape index (κ2) is 6.43. The molecule has 1 unspecified atom stereocenters. The minimum absolute atomic E-state index is 0.0536. The molecule has 0 radical (unpaired) electrons. The molecule has 23 heavy (non-hydrogen) atoms. The van der Waals surface area contributed by atoms with E-state index < -0.39 is 0 Å². The normalized spacial score (nSPS) is 22.2. The summed E-state index contributed by atoms with van der Waals surface area (Å²) in [6.07, 6.45) is 1.62. The number of nitrogens with zero attached hydrogens (tertiary/aromatic N) is 4. The first-order chi connectivity index (χ1) is 11.0. The molecule has 3 heterocycles. The van der Waals surface area contributed by atoms with Crippen molar-refractivity contribution in [3.05, 3.63) is 17.1 Å². The lowest BCUT2D eigenvalue weighted by atomic mass is 10.0. The highest BCUT2D eigenvalue weighted by Gasteiger charge is 2.29. The van der Waals surface area contributed by atoms with E-state index in [-0.39, 0.29) is 5.91 Å². The molecule has 126 valence electrons. The molecule has 0 aromatic carbocycles. The third-order valence-corrected chi connectivity index (χ3v) is 4.76. The molecule has 1 aromatic rings. The van der Waals surface area contributed by atoms with Gasteiger partial charge in [0.05, 0.1) is 0 Å². The fourth-order valence-corrected chi connectivity index (χ4v) is 3.28. The molecular formula is C17H27N5O. The molecule has 1 N–H and O–H groups in total. The van der Waals surface area contributed by atoms with Crippen molar-refractivity contribution in [1.82, 2.24) is 20.2 Å². The highest BCUT2D eigenvalue weighted by Crippen LogP contribution is 2.26. The first-order valence-corrected chi connectivity index (χ1v) is 8.59. The van der Waals surface area contributed by atoms with Gasteiger partial charge in [0.15, 0.2) is 0 Å². The van der Waals surface area contributed by atoms with E-state index in [4.69, 9.17) is 4.98 Å². The van der Waals surface area contributed by atoms with Gasteiger partial charge in [0.2, 0.25) is 0 Å². The average Bonchev–Trinajstić information content (AvgIpc) is 2.50. The predicted molar refractivity (Wildman–Crippen MR) is 90.9 cm³/mol. The van der Waals surface area contributed by atoms with E-state index in [2.05, 4.69) is 47.9 Å². The van der Waals surface area contributed by atoms with Gasteiger partial charge < -0.3 is 15.1 Å². The molecule has 0 saturated carbocycles. The van der Waals surface area contributed by atoms with Gasteiger partial charge in [-0.3, -0.25) is 4.79 Å². The number of hydrogen-bond donors (Lipinski definition) is 1.